The zero-order valence-corrected chi connectivity index (χ0v) is 26.1. The number of sulfonamides is 1. The van der Waals surface area contributed by atoms with Gasteiger partial charge in [0.15, 0.2) is 0 Å². The summed E-state index contributed by atoms with van der Waals surface area (Å²) in [4.78, 5) is 28.5. The van der Waals surface area contributed by atoms with Crippen molar-refractivity contribution in [2.24, 2.45) is 0 Å². The average Bonchev–Trinajstić information content (AvgIpc) is 3.69. The Kier molecular flexibility index (Phi) is 8.11. The number of rotatable bonds is 7. The quantitative estimate of drug-likeness (QED) is 0.239. The van der Waals surface area contributed by atoms with Crippen molar-refractivity contribution in [2.45, 2.75) is 18.8 Å². The monoisotopic (exact) mass is 647 g/mol. The number of furan rings is 1. The first-order valence-corrected chi connectivity index (χ1v) is 16.4. The third-order valence-electron chi connectivity index (χ3n) is 8.33. The Balaban J connectivity index is 1.41. The van der Waals surface area contributed by atoms with Gasteiger partial charge >= 0.3 is 0 Å². The summed E-state index contributed by atoms with van der Waals surface area (Å²) in [6.07, 6.45) is 2.39. The van der Waals surface area contributed by atoms with Crippen LogP contribution in [0.15, 0.2) is 71.1 Å². The van der Waals surface area contributed by atoms with Crippen LogP contribution in [0.1, 0.15) is 45.2 Å². The zero-order chi connectivity index (χ0) is 32.7. The van der Waals surface area contributed by atoms with Crippen LogP contribution in [-0.2, 0) is 10.0 Å². The van der Waals surface area contributed by atoms with E-state index in [1.54, 1.807) is 35.2 Å². The number of nitrogens with zero attached hydrogens (tertiary/aromatic N) is 3. The van der Waals surface area contributed by atoms with Gasteiger partial charge in [0.1, 0.15) is 28.7 Å². The summed E-state index contributed by atoms with van der Waals surface area (Å²) < 4.78 is 60.0. The Hall–Kier alpha value is -5.04. The molecule has 1 atom stereocenters. The molecule has 2 amide bonds. The van der Waals surface area contributed by atoms with Crippen LogP contribution in [0.5, 0.6) is 0 Å². The molecule has 2 N–H and O–H groups in total. The van der Waals surface area contributed by atoms with E-state index in [1.165, 1.54) is 50.5 Å². The van der Waals surface area contributed by atoms with E-state index >= 15 is 0 Å². The molecule has 1 saturated heterocycles. The molecule has 238 valence electrons. The third kappa shape index (κ3) is 5.85. The number of benzene rings is 3. The number of H-pyrrole nitrogens is 1. The van der Waals surface area contributed by atoms with Crippen LogP contribution in [0.3, 0.4) is 0 Å². The third-order valence-corrected chi connectivity index (χ3v) is 9.52. The number of carbonyl (C=O) groups is 2. The Morgan fingerprint density at radius 3 is 2.30 bits per heavy atom. The minimum Gasteiger partial charge on any atom is -0.455 e. The fraction of sp³-hybridized carbons (Fsp3) is 0.242. The number of halogens is 2. The molecule has 2 aromatic heterocycles. The van der Waals surface area contributed by atoms with Crippen LogP contribution >= 0.6 is 0 Å². The highest BCUT2D eigenvalue weighted by molar-refractivity contribution is 7.92. The summed E-state index contributed by atoms with van der Waals surface area (Å²) >= 11 is 0. The minimum atomic E-state index is -3.71. The molecule has 46 heavy (non-hydrogen) atoms. The first-order chi connectivity index (χ1) is 21.9. The molecule has 0 radical (unpaired) electrons. The van der Waals surface area contributed by atoms with Crippen LogP contribution in [0.2, 0.25) is 0 Å². The normalized spacial score (nSPS) is 15.2. The molecule has 0 unspecified atom stereocenters. The van der Waals surface area contributed by atoms with E-state index in [2.05, 4.69) is 15.5 Å². The molecule has 6 rings (SSSR count). The number of amides is 2. The molecule has 1 fully saturated rings. The molecular weight excluding hydrogens is 616 g/mol. The summed E-state index contributed by atoms with van der Waals surface area (Å²) in [5, 5.41) is 10.1. The number of fused-ring (bicyclic) bond motifs is 1. The highest BCUT2D eigenvalue weighted by Gasteiger charge is 2.32. The summed E-state index contributed by atoms with van der Waals surface area (Å²) in [5.41, 5.74) is 3.40. The van der Waals surface area contributed by atoms with Crippen LogP contribution in [0, 0.1) is 11.6 Å². The number of hydrogen-bond donors (Lipinski definition) is 2. The van der Waals surface area contributed by atoms with E-state index in [4.69, 9.17) is 4.42 Å². The van der Waals surface area contributed by atoms with Gasteiger partial charge in [0.05, 0.1) is 23.2 Å². The smallest absolute Gasteiger partial charge is 0.271 e. The van der Waals surface area contributed by atoms with Crippen molar-refractivity contribution < 1.29 is 31.2 Å². The Bertz CT molecular complexity index is 2060. The number of hydrogen-bond acceptors (Lipinski definition) is 6. The van der Waals surface area contributed by atoms with Crippen LogP contribution in [-0.4, -0.2) is 68.8 Å². The second-order valence-electron chi connectivity index (χ2n) is 11.3. The van der Waals surface area contributed by atoms with Gasteiger partial charge in [-0.15, -0.1) is 0 Å². The first kappa shape index (κ1) is 31.0. The summed E-state index contributed by atoms with van der Waals surface area (Å²) in [6, 6.07) is 16.3. The minimum absolute atomic E-state index is 0.219. The van der Waals surface area contributed by atoms with E-state index in [0.29, 0.717) is 52.8 Å². The van der Waals surface area contributed by atoms with Crippen LogP contribution in [0.25, 0.3) is 33.6 Å². The molecule has 1 aliphatic heterocycles. The SMILES string of the molecule is CNC(=O)c1c(-c2ccc(F)cc2)oc2cc(N(C)S(C)(=O)=O)c([C@@H]3CCCN(C(=O)c4cc(-c5ccc(F)cc5)n[nH]4)C3)cc12. The molecule has 3 heterocycles. The maximum absolute atomic E-state index is 13.7. The highest BCUT2D eigenvalue weighted by atomic mass is 32.2. The van der Waals surface area contributed by atoms with Gasteiger partial charge < -0.3 is 14.6 Å². The predicted molar refractivity (Wildman–Crippen MR) is 170 cm³/mol. The lowest BCUT2D eigenvalue weighted by Crippen LogP contribution is -2.39. The van der Waals surface area contributed by atoms with Crippen molar-refractivity contribution in [3.63, 3.8) is 0 Å². The Morgan fingerprint density at radius 1 is 1.02 bits per heavy atom. The van der Waals surface area contributed by atoms with Crippen molar-refractivity contribution in [1.29, 1.82) is 0 Å². The number of carbonyl (C=O) groups excluding carboxylic acids is 2. The topological polar surface area (TPSA) is 129 Å². The Labute approximate surface area is 264 Å². The molecule has 3 aromatic carbocycles. The van der Waals surface area contributed by atoms with Gasteiger partial charge in [0.2, 0.25) is 10.0 Å². The fourth-order valence-electron chi connectivity index (χ4n) is 5.87. The van der Waals surface area contributed by atoms with Gasteiger partial charge in [0, 0.05) is 55.7 Å². The van der Waals surface area contributed by atoms with E-state index < -0.39 is 21.7 Å². The lowest BCUT2D eigenvalue weighted by molar-refractivity contribution is 0.0701. The van der Waals surface area contributed by atoms with Crippen LogP contribution < -0.4 is 9.62 Å². The van der Waals surface area contributed by atoms with Gasteiger partial charge in [-0.25, -0.2) is 17.2 Å². The lowest BCUT2D eigenvalue weighted by Gasteiger charge is -2.34. The molecule has 0 bridgehead atoms. The average molecular weight is 648 g/mol. The second-order valence-corrected chi connectivity index (χ2v) is 13.3. The number of nitrogens with one attached hydrogen (secondary N) is 2. The highest BCUT2D eigenvalue weighted by Crippen LogP contribution is 2.42. The van der Waals surface area contributed by atoms with Crippen LogP contribution in [0.4, 0.5) is 14.5 Å². The van der Waals surface area contributed by atoms with E-state index in [-0.39, 0.29) is 46.8 Å². The number of piperidine rings is 1. The maximum Gasteiger partial charge on any atom is 0.271 e. The largest absolute Gasteiger partial charge is 0.455 e. The predicted octanol–water partition coefficient (Wildman–Crippen LogP) is 5.54. The summed E-state index contributed by atoms with van der Waals surface area (Å²) in [5.74, 6) is -1.60. The van der Waals surface area contributed by atoms with Crippen molar-refractivity contribution in [3.8, 4) is 22.6 Å². The van der Waals surface area contributed by atoms with E-state index in [0.717, 1.165) is 10.6 Å². The van der Waals surface area contributed by atoms with Crippen molar-refractivity contribution >= 4 is 38.5 Å². The molecule has 13 heteroatoms. The molecule has 0 saturated carbocycles. The molecule has 10 nitrogen and oxygen atoms in total. The molecule has 0 aliphatic carbocycles. The lowest BCUT2D eigenvalue weighted by atomic mass is 9.88. The number of likely N-dealkylation sites (tertiary alicyclic amines) is 1. The zero-order valence-electron chi connectivity index (χ0n) is 25.3. The van der Waals surface area contributed by atoms with Crippen molar-refractivity contribution in [2.75, 3.05) is 37.7 Å². The van der Waals surface area contributed by atoms with Gasteiger partial charge in [0.25, 0.3) is 11.8 Å². The van der Waals surface area contributed by atoms with Gasteiger partial charge in [-0.1, -0.05) is 0 Å². The molecule has 1 aliphatic rings. The number of aromatic nitrogens is 2. The maximum atomic E-state index is 13.7. The first-order valence-electron chi connectivity index (χ1n) is 14.6. The van der Waals surface area contributed by atoms with E-state index in [1.807, 2.05) is 0 Å². The van der Waals surface area contributed by atoms with E-state index in [9.17, 15) is 26.8 Å². The van der Waals surface area contributed by atoms with Gasteiger partial charge in [-0.05, 0) is 79.1 Å². The van der Waals surface area contributed by atoms with Crippen molar-refractivity contribution in [3.05, 3.63) is 95.2 Å². The standard InChI is InChI=1S/C33H31F2N5O5S/c1-36-32(41)30-25-15-24(28(39(2)46(3,43)44)17-29(25)45-31(30)20-8-12-23(35)13-9-20)21-5-4-14-40(18-21)33(42)27-16-26(37-38-27)19-6-10-22(34)11-7-19/h6-13,15-17,21H,4-5,14,18H2,1-3H3,(H,36,41)(H,37,38)/t21-/m1/s1. The Morgan fingerprint density at radius 2 is 1.67 bits per heavy atom. The number of anilines is 1. The molecule has 0 spiro atoms. The second kappa shape index (κ2) is 12.0. The molecule has 5 aromatic rings. The number of aromatic amines is 1. The van der Waals surface area contributed by atoms with Gasteiger partial charge in [-0.3, -0.25) is 19.0 Å². The fourth-order valence-corrected chi connectivity index (χ4v) is 6.38. The molecular formula is C33H31F2N5O5S. The van der Waals surface area contributed by atoms with Gasteiger partial charge in [-0.2, -0.15) is 5.10 Å². The van der Waals surface area contributed by atoms with Crippen molar-refractivity contribution in [1.82, 2.24) is 20.4 Å². The summed E-state index contributed by atoms with van der Waals surface area (Å²) in [7, 11) is -0.781. The summed E-state index contributed by atoms with van der Waals surface area (Å²) in [6.45, 7) is 0.751.